The fourth-order valence-corrected chi connectivity index (χ4v) is 0.548. The lowest BCUT2D eigenvalue weighted by atomic mass is 10.4. The van der Waals surface area contributed by atoms with Gasteiger partial charge in [-0.15, -0.1) is 0 Å². The first-order chi connectivity index (χ1) is 4.85. The highest BCUT2D eigenvalue weighted by molar-refractivity contribution is 5.32. The van der Waals surface area contributed by atoms with Crippen LogP contribution in [0.15, 0.2) is 4.99 Å². The molecule has 0 aliphatic carbocycles. The second kappa shape index (κ2) is 6.42. The fourth-order valence-electron chi connectivity index (χ4n) is 0.548. The summed E-state index contributed by atoms with van der Waals surface area (Å²) in [6.07, 6.45) is 1.75. The Bertz CT molecular complexity index is 116. The van der Waals surface area contributed by atoms with Crippen molar-refractivity contribution in [1.29, 1.82) is 0 Å². The van der Waals surface area contributed by atoms with E-state index in [1.807, 2.05) is 0 Å². The van der Waals surface area contributed by atoms with Gasteiger partial charge in [0, 0.05) is 20.6 Å². The van der Waals surface area contributed by atoms with E-state index in [1.54, 1.807) is 14.2 Å². The highest BCUT2D eigenvalue weighted by Gasteiger charge is 2.01. The molecule has 0 rings (SSSR count). The number of rotatable bonds is 5. The second-order valence-electron chi connectivity index (χ2n) is 1.66. The Morgan fingerprint density at radius 2 is 2.10 bits per heavy atom. The maximum Gasteiger partial charge on any atom is 0.234 e. The van der Waals surface area contributed by atoms with Crippen molar-refractivity contribution >= 4 is 6.08 Å². The van der Waals surface area contributed by atoms with E-state index in [0.29, 0.717) is 13.0 Å². The largest absolute Gasteiger partial charge is 0.356 e. The second-order valence-corrected chi connectivity index (χ2v) is 1.66. The van der Waals surface area contributed by atoms with Gasteiger partial charge in [-0.3, -0.25) is 0 Å². The number of carbonyl (C=O) groups excluding carboxylic acids is 1. The molecule has 0 radical (unpaired) electrons. The van der Waals surface area contributed by atoms with Crippen LogP contribution in [0, 0.1) is 0 Å². The molecule has 0 amide bonds. The van der Waals surface area contributed by atoms with Gasteiger partial charge in [-0.1, -0.05) is 0 Å². The third-order valence-electron chi connectivity index (χ3n) is 1.07. The van der Waals surface area contributed by atoms with Crippen LogP contribution in [0.2, 0.25) is 0 Å². The highest BCUT2D eigenvalue weighted by atomic mass is 16.7. The lowest BCUT2D eigenvalue weighted by Gasteiger charge is -2.09. The number of ether oxygens (including phenoxy) is 2. The maximum atomic E-state index is 9.59. The molecule has 0 unspecified atom stereocenters. The summed E-state index contributed by atoms with van der Waals surface area (Å²) in [7, 11) is 3.08. The first-order valence-corrected chi connectivity index (χ1v) is 2.94. The first kappa shape index (κ1) is 9.30. The van der Waals surface area contributed by atoms with Gasteiger partial charge in [0.05, 0.1) is 6.54 Å². The Balaban J connectivity index is 3.34. The number of nitrogens with zero attached hydrogens (tertiary/aromatic N) is 1. The minimum atomic E-state index is -0.267. The molecule has 0 N–H and O–H groups in total. The lowest BCUT2D eigenvalue weighted by molar-refractivity contribution is -0.104. The molecule has 0 saturated carbocycles. The zero-order valence-corrected chi connectivity index (χ0v) is 6.16. The molecular weight excluding hydrogens is 134 g/mol. The van der Waals surface area contributed by atoms with E-state index in [1.165, 1.54) is 6.08 Å². The van der Waals surface area contributed by atoms with Crippen molar-refractivity contribution in [3.8, 4) is 0 Å². The molecule has 0 bridgehead atoms. The molecule has 4 nitrogen and oxygen atoms in total. The molecule has 0 aliphatic heterocycles. The normalized spacial score (nSPS) is 9.50. The zero-order valence-electron chi connectivity index (χ0n) is 6.16. The summed E-state index contributed by atoms with van der Waals surface area (Å²) in [5, 5.41) is 0. The van der Waals surface area contributed by atoms with Gasteiger partial charge in [-0.25, -0.2) is 9.79 Å². The number of isocyanates is 1. The van der Waals surface area contributed by atoms with E-state index >= 15 is 0 Å². The summed E-state index contributed by atoms with van der Waals surface area (Å²) in [5.74, 6) is 0. The van der Waals surface area contributed by atoms with Crippen LogP contribution in [-0.2, 0) is 14.3 Å². The van der Waals surface area contributed by atoms with Crippen molar-refractivity contribution in [3.05, 3.63) is 0 Å². The summed E-state index contributed by atoms with van der Waals surface area (Å²) in [6, 6.07) is 0. The molecule has 0 aromatic carbocycles. The van der Waals surface area contributed by atoms with E-state index in [2.05, 4.69) is 4.99 Å². The van der Waals surface area contributed by atoms with E-state index in [9.17, 15) is 4.79 Å². The number of hydrogen-bond donors (Lipinski definition) is 0. The molecule has 0 spiro atoms. The van der Waals surface area contributed by atoms with Crippen molar-refractivity contribution in [2.24, 2.45) is 4.99 Å². The van der Waals surface area contributed by atoms with E-state index < -0.39 is 0 Å². The van der Waals surface area contributed by atoms with Gasteiger partial charge >= 0.3 is 0 Å². The Morgan fingerprint density at radius 3 is 2.50 bits per heavy atom. The number of hydrogen-bond acceptors (Lipinski definition) is 4. The summed E-state index contributed by atoms with van der Waals surface area (Å²) < 4.78 is 9.67. The Morgan fingerprint density at radius 1 is 1.50 bits per heavy atom. The predicted octanol–water partition coefficient (Wildman–Crippen LogP) is 0.331. The number of aliphatic imine (C=N–C) groups is 1. The van der Waals surface area contributed by atoms with E-state index in [4.69, 9.17) is 9.47 Å². The quantitative estimate of drug-likeness (QED) is 0.318. The molecule has 0 heterocycles. The van der Waals surface area contributed by atoms with Crippen LogP contribution >= 0.6 is 0 Å². The molecule has 0 aliphatic rings. The molecule has 10 heavy (non-hydrogen) atoms. The Kier molecular flexibility index (Phi) is 5.97. The molecule has 4 heteroatoms. The van der Waals surface area contributed by atoms with Gasteiger partial charge in [-0.05, 0) is 0 Å². The topological polar surface area (TPSA) is 47.9 Å². The van der Waals surface area contributed by atoms with E-state index in [0.717, 1.165) is 0 Å². The summed E-state index contributed by atoms with van der Waals surface area (Å²) >= 11 is 0. The van der Waals surface area contributed by atoms with Crippen LogP contribution in [-0.4, -0.2) is 33.1 Å². The van der Waals surface area contributed by atoms with Crippen molar-refractivity contribution in [2.75, 3.05) is 20.8 Å². The van der Waals surface area contributed by atoms with Gasteiger partial charge in [0.2, 0.25) is 6.08 Å². The van der Waals surface area contributed by atoms with Crippen molar-refractivity contribution in [2.45, 2.75) is 12.7 Å². The van der Waals surface area contributed by atoms with Crippen LogP contribution in [0.1, 0.15) is 6.42 Å². The third-order valence-corrected chi connectivity index (χ3v) is 1.07. The fraction of sp³-hybridized carbons (Fsp3) is 0.833. The standard InChI is InChI=1S/C6H11NO3/c1-9-6(10-2)3-4-7-5-8/h6H,3-4H2,1-2H3. The summed E-state index contributed by atoms with van der Waals surface area (Å²) in [4.78, 5) is 12.9. The van der Waals surface area contributed by atoms with Crippen molar-refractivity contribution in [3.63, 3.8) is 0 Å². The van der Waals surface area contributed by atoms with Crippen molar-refractivity contribution < 1.29 is 14.3 Å². The van der Waals surface area contributed by atoms with Gasteiger partial charge in [0.15, 0.2) is 6.29 Å². The molecule has 0 fully saturated rings. The van der Waals surface area contributed by atoms with Crippen LogP contribution < -0.4 is 0 Å². The maximum absolute atomic E-state index is 9.59. The molecule has 0 atom stereocenters. The highest BCUT2D eigenvalue weighted by Crippen LogP contribution is 1.96. The smallest absolute Gasteiger partial charge is 0.234 e. The molecular formula is C6H11NO3. The predicted molar refractivity (Wildman–Crippen MR) is 35.4 cm³/mol. The van der Waals surface area contributed by atoms with E-state index in [-0.39, 0.29) is 6.29 Å². The van der Waals surface area contributed by atoms with Crippen LogP contribution in [0.25, 0.3) is 0 Å². The van der Waals surface area contributed by atoms with Crippen LogP contribution in [0.5, 0.6) is 0 Å². The Hall–Kier alpha value is -0.700. The average molecular weight is 145 g/mol. The first-order valence-electron chi connectivity index (χ1n) is 2.94. The monoisotopic (exact) mass is 145 g/mol. The Labute approximate surface area is 59.8 Å². The summed E-state index contributed by atoms with van der Waals surface area (Å²) in [5.41, 5.74) is 0. The zero-order chi connectivity index (χ0) is 7.82. The lowest BCUT2D eigenvalue weighted by Crippen LogP contribution is -2.13. The minimum Gasteiger partial charge on any atom is -0.356 e. The van der Waals surface area contributed by atoms with Gasteiger partial charge in [0.25, 0.3) is 0 Å². The average Bonchev–Trinajstić information content (AvgIpc) is 1.99. The number of methoxy groups -OCH3 is 2. The van der Waals surface area contributed by atoms with Crippen molar-refractivity contribution in [1.82, 2.24) is 0 Å². The molecule has 58 valence electrons. The van der Waals surface area contributed by atoms with Gasteiger partial charge in [-0.2, -0.15) is 0 Å². The summed E-state index contributed by atoms with van der Waals surface area (Å²) in [6.45, 7) is 0.399. The van der Waals surface area contributed by atoms with Gasteiger partial charge < -0.3 is 9.47 Å². The molecule has 0 saturated heterocycles. The molecule has 0 aromatic rings. The van der Waals surface area contributed by atoms with Crippen LogP contribution in [0.3, 0.4) is 0 Å². The molecule has 0 aromatic heterocycles. The van der Waals surface area contributed by atoms with Gasteiger partial charge in [0.1, 0.15) is 0 Å². The SMILES string of the molecule is COC(CCN=C=O)OC. The minimum absolute atomic E-state index is 0.267. The third kappa shape index (κ3) is 4.21. The van der Waals surface area contributed by atoms with Crippen LogP contribution in [0.4, 0.5) is 0 Å².